The highest BCUT2D eigenvalue weighted by atomic mass is 32.3. The SMILES string of the molecule is C[NH+]=C/C(=C\NCCCN)c1ccc(OCCO/N=C(\C(=O)N[C@H](C)C(C)(C)N(C=O)OS(=O)(=O)O)C2=CSC(N)N2)cc1. The molecular weight excluding hydrogens is 616 g/mol. The van der Waals surface area contributed by atoms with Crippen LogP contribution in [0.3, 0.4) is 0 Å². The fourth-order valence-electron chi connectivity index (χ4n) is 3.48. The van der Waals surface area contributed by atoms with Gasteiger partial charge in [0.15, 0.2) is 18.5 Å². The lowest BCUT2D eigenvalue weighted by Crippen LogP contribution is -2.63. The molecule has 1 unspecified atom stereocenters. The quantitative estimate of drug-likeness (QED) is 0.0292. The molecule has 2 atom stereocenters. The van der Waals surface area contributed by atoms with Crippen LogP contribution in [0.5, 0.6) is 5.75 Å². The molecule has 0 bridgehead atoms. The maximum absolute atomic E-state index is 13.2. The summed E-state index contributed by atoms with van der Waals surface area (Å²) in [6.45, 7) is 5.84. The van der Waals surface area contributed by atoms with Crippen LogP contribution in [-0.2, 0) is 29.1 Å². The highest BCUT2D eigenvalue weighted by Crippen LogP contribution is 2.22. The molecule has 0 aliphatic carbocycles. The minimum Gasteiger partial charge on any atom is -0.490 e. The largest absolute Gasteiger partial charge is 0.490 e. The van der Waals surface area contributed by atoms with Crippen LogP contribution in [0.4, 0.5) is 0 Å². The van der Waals surface area contributed by atoms with Crippen molar-refractivity contribution in [3.8, 4) is 5.75 Å². The van der Waals surface area contributed by atoms with Crippen LogP contribution < -0.4 is 37.1 Å². The number of carbonyl (C=O) groups excluding carboxylic acids is 2. The second kappa shape index (κ2) is 17.6. The van der Waals surface area contributed by atoms with Crippen molar-refractivity contribution >= 4 is 52.0 Å². The molecule has 1 aromatic carbocycles. The number of nitrogens with two attached hydrogens (primary N) is 2. The molecule has 2 amide bonds. The number of carbonyl (C=O) groups is 2. The summed E-state index contributed by atoms with van der Waals surface area (Å²) < 4.78 is 41.3. The molecule has 1 aliphatic heterocycles. The van der Waals surface area contributed by atoms with Gasteiger partial charge in [-0.05, 0) is 51.4 Å². The molecular formula is C26H41N8O8S2+. The smallest absolute Gasteiger partial charge is 0.418 e. The first-order valence-corrected chi connectivity index (χ1v) is 15.8. The van der Waals surface area contributed by atoms with E-state index in [1.807, 2.05) is 43.7 Å². The lowest BCUT2D eigenvalue weighted by atomic mass is 9.95. The van der Waals surface area contributed by atoms with Gasteiger partial charge in [-0.2, -0.15) is 13.5 Å². The van der Waals surface area contributed by atoms with E-state index in [9.17, 15) is 18.0 Å². The summed E-state index contributed by atoms with van der Waals surface area (Å²) in [6.07, 6.45) is 4.71. The number of hydroxylamine groups is 2. The fraction of sp³-hybridized carbons (Fsp3) is 0.462. The van der Waals surface area contributed by atoms with Crippen molar-refractivity contribution in [3.05, 3.63) is 47.1 Å². The van der Waals surface area contributed by atoms with Crippen LogP contribution in [0.25, 0.3) is 5.57 Å². The second-order valence-corrected chi connectivity index (χ2v) is 11.8. The monoisotopic (exact) mass is 657 g/mol. The zero-order valence-electron chi connectivity index (χ0n) is 25.0. The van der Waals surface area contributed by atoms with E-state index in [4.69, 9.17) is 25.6 Å². The third-order valence-corrected chi connectivity index (χ3v) is 7.35. The number of thioether (sulfide) groups is 1. The van der Waals surface area contributed by atoms with Crippen molar-refractivity contribution in [2.24, 2.45) is 16.6 Å². The van der Waals surface area contributed by atoms with Crippen molar-refractivity contribution in [1.82, 2.24) is 21.0 Å². The van der Waals surface area contributed by atoms with Crippen molar-refractivity contribution in [1.29, 1.82) is 0 Å². The van der Waals surface area contributed by atoms with Gasteiger partial charge in [-0.15, -0.1) is 4.28 Å². The molecule has 16 nitrogen and oxygen atoms in total. The molecule has 0 saturated carbocycles. The zero-order chi connectivity index (χ0) is 32.8. The van der Waals surface area contributed by atoms with Crippen LogP contribution >= 0.6 is 11.8 Å². The molecule has 18 heteroatoms. The Labute approximate surface area is 261 Å². The Bertz CT molecular complexity index is 1330. The summed E-state index contributed by atoms with van der Waals surface area (Å²) in [4.78, 5) is 33.0. The van der Waals surface area contributed by atoms with E-state index in [1.165, 1.54) is 32.5 Å². The first-order valence-electron chi connectivity index (χ1n) is 13.5. The first-order chi connectivity index (χ1) is 20.8. The molecule has 1 aromatic rings. The van der Waals surface area contributed by atoms with E-state index in [1.54, 1.807) is 5.41 Å². The molecule has 1 heterocycles. The van der Waals surface area contributed by atoms with E-state index in [2.05, 4.69) is 30.4 Å². The van der Waals surface area contributed by atoms with Gasteiger partial charge in [-0.3, -0.25) is 19.1 Å². The van der Waals surface area contributed by atoms with Crippen molar-refractivity contribution in [2.75, 3.05) is 33.4 Å². The van der Waals surface area contributed by atoms with Crippen LogP contribution in [-0.4, -0.2) is 92.7 Å². The van der Waals surface area contributed by atoms with Gasteiger partial charge in [-0.25, -0.2) is 0 Å². The average molecular weight is 658 g/mol. The number of hydrogen-bond acceptors (Lipinski definition) is 13. The predicted octanol–water partition coefficient (Wildman–Crippen LogP) is -1.61. The van der Waals surface area contributed by atoms with Gasteiger partial charge < -0.3 is 37.0 Å². The van der Waals surface area contributed by atoms with Crippen molar-refractivity contribution < 1.29 is 41.4 Å². The summed E-state index contributed by atoms with van der Waals surface area (Å²) in [5.74, 6) is -0.113. The Hall–Kier alpha value is -3.68. The molecule has 0 fully saturated rings. The highest BCUT2D eigenvalue weighted by molar-refractivity contribution is 8.02. The fourth-order valence-corrected chi connectivity index (χ4v) is 4.57. The molecule has 0 radical (unpaired) electrons. The van der Waals surface area contributed by atoms with Gasteiger partial charge in [0, 0.05) is 18.2 Å². The van der Waals surface area contributed by atoms with Gasteiger partial charge in [0.05, 0.1) is 22.9 Å². The number of rotatable bonds is 19. The number of nitrogens with one attached hydrogen (secondary N) is 4. The van der Waals surface area contributed by atoms with E-state index in [0.717, 1.165) is 24.1 Å². The van der Waals surface area contributed by atoms with Crippen LogP contribution in [0.15, 0.2) is 46.7 Å². The van der Waals surface area contributed by atoms with E-state index in [-0.39, 0.29) is 25.3 Å². The molecule has 9 N–H and O–H groups in total. The summed E-state index contributed by atoms with van der Waals surface area (Å²) in [5.41, 5.74) is 11.5. The van der Waals surface area contributed by atoms with Gasteiger partial charge in [-0.1, -0.05) is 29.1 Å². The van der Waals surface area contributed by atoms with Crippen LogP contribution in [0.1, 0.15) is 32.8 Å². The summed E-state index contributed by atoms with van der Waals surface area (Å²) in [7, 11) is -3.17. The number of ether oxygens (including phenoxy) is 1. The maximum atomic E-state index is 13.2. The molecule has 244 valence electrons. The number of oxime groups is 1. The Kier molecular flexibility index (Phi) is 14.6. The number of amides is 2. The van der Waals surface area contributed by atoms with Crippen LogP contribution in [0, 0.1) is 0 Å². The highest BCUT2D eigenvalue weighted by Gasteiger charge is 2.38. The number of hydrogen-bond donors (Lipinski definition) is 7. The third-order valence-electron chi connectivity index (χ3n) is 6.22. The Morgan fingerprint density at radius 1 is 1.32 bits per heavy atom. The summed E-state index contributed by atoms with van der Waals surface area (Å²) >= 11 is 1.22. The summed E-state index contributed by atoms with van der Waals surface area (Å²) in [5, 5.41) is 14.7. The third kappa shape index (κ3) is 11.8. The number of benzene rings is 1. The zero-order valence-corrected chi connectivity index (χ0v) is 26.6. The molecule has 0 spiro atoms. The van der Waals surface area contributed by atoms with Gasteiger partial charge >= 0.3 is 10.4 Å². The Balaban J connectivity index is 2.03. The minimum absolute atomic E-state index is 0.00305. The lowest BCUT2D eigenvalue weighted by Gasteiger charge is -2.37. The van der Waals surface area contributed by atoms with Crippen molar-refractivity contribution in [2.45, 2.75) is 44.3 Å². The van der Waals surface area contributed by atoms with Gasteiger partial charge in [0.2, 0.25) is 6.41 Å². The van der Waals surface area contributed by atoms with E-state index in [0.29, 0.717) is 23.1 Å². The molecule has 1 aliphatic rings. The molecule has 2 rings (SSSR count). The van der Waals surface area contributed by atoms with Gasteiger partial charge in [0.1, 0.15) is 24.9 Å². The number of allylic oxidation sites excluding steroid dienone is 1. The van der Waals surface area contributed by atoms with Crippen molar-refractivity contribution in [3.63, 3.8) is 0 Å². The first kappa shape index (κ1) is 36.5. The topological polar surface area (TPSA) is 234 Å². The predicted molar refractivity (Wildman–Crippen MR) is 167 cm³/mol. The second-order valence-electron chi connectivity index (χ2n) is 9.79. The minimum atomic E-state index is -4.99. The molecule has 0 aromatic heterocycles. The number of nitrogens with zero attached hydrogens (tertiary/aromatic N) is 2. The van der Waals surface area contributed by atoms with Gasteiger partial charge in [0.25, 0.3) is 5.91 Å². The lowest BCUT2D eigenvalue weighted by molar-refractivity contribution is -0.412. The van der Waals surface area contributed by atoms with E-state index < -0.39 is 33.4 Å². The Morgan fingerprint density at radius 2 is 2.02 bits per heavy atom. The maximum Gasteiger partial charge on any atom is 0.418 e. The Morgan fingerprint density at radius 3 is 2.59 bits per heavy atom. The average Bonchev–Trinajstić information content (AvgIpc) is 3.40. The summed E-state index contributed by atoms with van der Waals surface area (Å²) in [6, 6.07) is 6.56. The molecule has 44 heavy (non-hydrogen) atoms. The van der Waals surface area contributed by atoms with E-state index >= 15 is 0 Å². The normalized spacial score (nSPS) is 16.6. The van der Waals surface area contributed by atoms with Crippen LogP contribution in [0.2, 0.25) is 0 Å². The molecule has 0 saturated heterocycles. The standard InChI is InChI=1S/C26H40N8O8S2/c1-18(26(2,3)34(17-35)42-44(37,38)39)31-24(36)23(22-16-43-25(28)32-22)33-41-13-12-40-21-8-6-19(7-9-21)20(14-29-4)15-30-11-5-10-27/h6-9,14-18,25,30,32H,5,10-13,27-28H2,1-4H3,(H,31,36)(H,37,38,39)/p+1/b20-15+,29-14?,33-23-/t18-,25?/m1/s1.